The van der Waals surface area contributed by atoms with Crippen molar-refractivity contribution >= 4 is 60.8 Å². The number of carbonyl (C=O) groups is 1. The Kier molecular flexibility index (Phi) is 5.06. The Labute approximate surface area is 194 Å². The third-order valence-electron chi connectivity index (χ3n) is 5.55. The predicted molar refractivity (Wildman–Crippen MR) is 132 cm³/mol. The standard InChI is InChI=1S/C23H19N5O3S2/c1-14-7-3-4-8-15(14)12-27-13-16(17-9-5-6-10-19(17)27)11-18-20(24)28-22(25-21(18)29)32-26-23(28)33(2,30)31/h3-11,13,24H,12H2,1-2H3/b18-11-,24-20?. The average molecular weight is 478 g/mol. The molecule has 1 aromatic heterocycles. The van der Waals surface area contributed by atoms with Crippen LogP contribution >= 0.6 is 11.9 Å². The zero-order valence-corrected chi connectivity index (χ0v) is 19.4. The first-order valence-electron chi connectivity index (χ1n) is 10.1. The lowest BCUT2D eigenvalue weighted by molar-refractivity contribution is -0.114. The fraction of sp³-hybridized carbons (Fsp3) is 0.130. The van der Waals surface area contributed by atoms with Gasteiger partial charge in [-0.3, -0.25) is 10.2 Å². The fourth-order valence-electron chi connectivity index (χ4n) is 3.89. The van der Waals surface area contributed by atoms with Gasteiger partial charge in [0.05, 0.1) is 17.5 Å². The van der Waals surface area contributed by atoms with E-state index in [0.717, 1.165) is 39.6 Å². The topological polar surface area (TPSA) is 108 Å². The van der Waals surface area contributed by atoms with Gasteiger partial charge in [-0.15, -0.1) is 0 Å². The molecule has 3 aromatic rings. The van der Waals surface area contributed by atoms with E-state index in [2.05, 4.69) is 33.0 Å². The van der Waals surface area contributed by atoms with Crippen LogP contribution in [-0.4, -0.2) is 46.2 Å². The van der Waals surface area contributed by atoms with Crippen molar-refractivity contribution in [2.75, 3.05) is 6.26 Å². The Balaban J connectivity index is 1.60. The molecule has 2 aromatic carbocycles. The number of fused-ring (bicyclic) bond motifs is 2. The van der Waals surface area contributed by atoms with Crippen molar-refractivity contribution in [3.8, 4) is 0 Å². The molecule has 0 fully saturated rings. The van der Waals surface area contributed by atoms with Gasteiger partial charge in [-0.25, -0.2) is 13.3 Å². The van der Waals surface area contributed by atoms with E-state index in [1.807, 2.05) is 42.6 Å². The number of aromatic nitrogens is 1. The maximum absolute atomic E-state index is 12.7. The van der Waals surface area contributed by atoms with E-state index in [4.69, 9.17) is 5.41 Å². The van der Waals surface area contributed by atoms with E-state index in [-0.39, 0.29) is 21.7 Å². The summed E-state index contributed by atoms with van der Waals surface area (Å²) in [7, 11) is -3.70. The Bertz CT molecular complexity index is 1550. The molecule has 2 aliphatic heterocycles. The molecule has 0 radical (unpaired) electrons. The summed E-state index contributed by atoms with van der Waals surface area (Å²) in [6, 6.07) is 16.0. The van der Waals surface area contributed by atoms with Crippen LogP contribution in [0.1, 0.15) is 16.7 Å². The second kappa shape index (κ2) is 7.82. The molecule has 10 heteroatoms. The summed E-state index contributed by atoms with van der Waals surface area (Å²) in [6.07, 6.45) is 4.56. The van der Waals surface area contributed by atoms with E-state index in [9.17, 15) is 13.2 Å². The lowest BCUT2D eigenvalue weighted by Crippen LogP contribution is -2.45. The van der Waals surface area contributed by atoms with E-state index in [0.29, 0.717) is 6.54 Å². The van der Waals surface area contributed by atoms with Crippen molar-refractivity contribution in [3.63, 3.8) is 0 Å². The van der Waals surface area contributed by atoms with E-state index in [1.54, 1.807) is 6.08 Å². The third-order valence-corrected chi connectivity index (χ3v) is 7.30. The van der Waals surface area contributed by atoms with Gasteiger partial charge in [-0.05, 0) is 30.2 Å². The summed E-state index contributed by atoms with van der Waals surface area (Å²) in [5.74, 6) is -0.852. The molecule has 0 saturated heterocycles. The van der Waals surface area contributed by atoms with Crippen LogP contribution in [0.4, 0.5) is 0 Å². The lowest BCUT2D eigenvalue weighted by Gasteiger charge is -2.23. The first-order chi connectivity index (χ1) is 15.7. The van der Waals surface area contributed by atoms with Gasteiger partial charge < -0.3 is 4.57 Å². The maximum atomic E-state index is 12.7. The zero-order chi connectivity index (χ0) is 23.3. The summed E-state index contributed by atoms with van der Waals surface area (Å²) in [5.41, 5.74) is 4.10. The average Bonchev–Trinajstić information content (AvgIpc) is 3.35. The van der Waals surface area contributed by atoms with Gasteiger partial charge in [0.2, 0.25) is 20.2 Å². The number of aryl methyl sites for hydroxylation is 1. The number of hydrogen-bond acceptors (Lipinski definition) is 6. The van der Waals surface area contributed by atoms with Gasteiger partial charge in [-0.1, -0.05) is 42.5 Å². The number of amides is 1. The molecule has 3 heterocycles. The lowest BCUT2D eigenvalue weighted by atomic mass is 10.1. The number of aliphatic imine (C=N–C) groups is 1. The third kappa shape index (κ3) is 3.70. The Morgan fingerprint density at radius 1 is 1.12 bits per heavy atom. The van der Waals surface area contributed by atoms with Gasteiger partial charge in [0.15, 0.2) is 0 Å². The highest BCUT2D eigenvalue weighted by molar-refractivity contribution is 8.16. The number of benzene rings is 2. The largest absolute Gasteiger partial charge is 0.342 e. The summed E-state index contributed by atoms with van der Waals surface area (Å²) >= 11 is 0.778. The minimum atomic E-state index is -3.70. The number of sulfone groups is 1. The second-order valence-corrected chi connectivity index (χ2v) is 10.5. The van der Waals surface area contributed by atoms with Gasteiger partial charge in [0.25, 0.3) is 5.91 Å². The van der Waals surface area contributed by atoms with Crippen LogP contribution in [0.25, 0.3) is 17.0 Å². The van der Waals surface area contributed by atoms with Crippen molar-refractivity contribution in [3.05, 3.63) is 77.0 Å². The molecule has 8 nitrogen and oxygen atoms in total. The summed E-state index contributed by atoms with van der Waals surface area (Å²) in [5, 5.41) is 9.27. The Morgan fingerprint density at radius 2 is 1.85 bits per heavy atom. The number of rotatable bonds is 3. The van der Waals surface area contributed by atoms with Crippen LogP contribution in [0, 0.1) is 12.3 Å². The number of nitrogens with zero attached hydrogens (tertiary/aromatic N) is 4. The van der Waals surface area contributed by atoms with Crippen LogP contribution in [0.15, 0.2) is 69.7 Å². The molecule has 1 N–H and O–H groups in total. The molecule has 5 rings (SSSR count). The van der Waals surface area contributed by atoms with E-state index < -0.39 is 15.7 Å². The highest BCUT2D eigenvalue weighted by Crippen LogP contribution is 2.31. The van der Waals surface area contributed by atoms with Crippen LogP contribution in [0.3, 0.4) is 0 Å². The van der Waals surface area contributed by atoms with Gasteiger partial charge in [0, 0.05) is 35.5 Å². The highest BCUT2D eigenvalue weighted by Gasteiger charge is 2.41. The molecule has 0 spiro atoms. The first kappa shape index (κ1) is 21.4. The summed E-state index contributed by atoms with van der Waals surface area (Å²) in [6.45, 7) is 2.72. The van der Waals surface area contributed by atoms with Gasteiger partial charge in [0.1, 0.15) is 5.84 Å². The molecule has 1 amide bonds. The predicted octanol–water partition coefficient (Wildman–Crippen LogP) is 3.62. The molecule has 33 heavy (non-hydrogen) atoms. The quantitative estimate of drug-likeness (QED) is 0.458. The Morgan fingerprint density at radius 3 is 2.61 bits per heavy atom. The summed E-state index contributed by atoms with van der Waals surface area (Å²) in [4.78, 5) is 17.8. The smallest absolute Gasteiger partial charge is 0.283 e. The molecule has 0 atom stereocenters. The van der Waals surface area contributed by atoms with Gasteiger partial charge >= 0.3 is 0 Å². The van der Waals surface area contributed by atoms with Crippen LogP contribution in [-0.2, 0) is 21.2 Å². The van der Waals surface area contributed by atoms with Crippen LogP contribution < -0.4 is 0 Å². The van der Waals surface area contributed by atoms with Crippen molar-refractivity contribution < 1.29 is 13.2 Å². The molecular weight excluding hydrogens is 458 g/mol. The SMILES string of the molecule is Cc1ccccc1Cn1cc(/C=C2/C(=N)N3C(=NC2=O)SN=C3S(C)(=O)=O)c2ccccc21. The monoisotopic (exact) mass is 477 g/mol. The second-order valence-electron chi connectivity index (χ2n) is 7.83. The molecule has 0 saturated carbocycles. The molecule has 166 valence electrons. The molecule has 0 bridgehead atoms. The maximum Gasteiger partial charge on any atom is 0.283 e. The van der Waals surface area contributed by atoms with Crippen molar-refractivity contribution in [1.82, 2.24) is 9.47 Å². The van der Waals surface area contributed by atoms with Crippen molar-refractivity contribution in [2.24, 2.45) is 9.39 Å². The van der Waals surface area contributed by atoms with Crippen LogP contribution in [0.2, 0.25) is 0 Å². The minimum Gasteiger partial charge on any atom is -0.342 e. The molecule has 0 aliphatic carbocycles. The van der Waals surface area contributed by atoms with Gasteiger partial charge in [-0.2, -0.15) is 9.39 Å². The highest BCUT2D eigenvalue weighted by atomic mass is 32.2. The van der Waals surface area contributed by atoms with E-state index in [1.165, 1.54) is 11.1 Å². The zero-order valence-electron chi connectivity index (χ0n) is 17.8. The fourth-order valence-corrected chi connectivity index (χ4v) is 5.73. The Hall–Kier alpha value is -3.50. The number of para-hydroxylation sites is 1. The van der Waals surface area contributed by atoms with Crippen molar-refractivity contribution in [2.45, 2.75) is 13.5 Å². The van der Waals surface area contributed by atoms with Crippen molar-refractivity contribution in [1.29, 1.82) is 5.41 Å². The molecular formula is C23H19N5O3S2. The van der Waals surface area contributed by atoms with E-state index >= 15 is 0 Å². The normalized spacial score (nSPS) is 17.5. The summed E-state index contributed by atoms with van der Waals surface area (Å²) < 4.78 is 30.2. The number of carbonyl (C=O) groups excluding carboxylic acids is 1. The number of hydrogen-bond donors (Lipinski definition) is 1. The minimum absolute atomic E-state index is 0.0106. The molecule has 0 unspecified atom stereocenters. The molecule has 2 aliphatic rings. The number of amidine groups is 3. The van der Waals surface area contributed by atoms with Crippen LogP contribution in [0.5, 0.6) is 0 Å². The number of nitrogens with one attached hydrogen (secondary N) is 1. The first-order valence-corrected chi connectivity index (χ1v) is 12.7.